The van der Waals surface area contributed by atoms with E-state index in [1.54, 1.807) is 39.0 Å². The Morgan fingerprint density at radius 2 is 1.51 bits per heavy atom. The number of unbranched alkanes of at least 4 members (excludes halogenated alkanes) is 5. The van der Waals surface area contributed by atoms with E-state index >= 15 is 0 Å². The number of aromatic hydroxyl groups is 1. The van der Waals surface area contributed by atoms with Gasteiger partial charge in [0, 0.05) is 17.8 Å². The number of carbonyl (C=O) groups excluding carboxylic acids is 3. The number of nitrogens with zero attached hydrogens (tertiary/aromatic N) is 1. The van der Waals surface area contributed by atoms with Crippen LogP contribution in [0.1, 0.15) is 109 Å². The Balaban J connectivity index is 2.58. The molecule has 3 amide bonds. The molecular formula is C35H53N3O5. The largest absolute Gasteiger partial charge is 0.508 e. The number of hydrogen-bond acceptors (Lipinski definition) is 5. The van der Waals surface area contributed by atoms with E-state index in [1.165, 1.54) is 11.0 Å². The van der Waals surface area contributed by atoms with Crippen molar-refractivity contribution in [2.24, 2.45) is 5.92 Å². The molecule has 0 aliphatic rings. The Kier molecular flexibility index (Phi) is 14.0. The van der Waals surface area contributed by atoms with E-state index in [2.05, 4.69) is 17.6 Å². The molecule has 0 radical (unpaired) electrons. The van der Waals surface area contributed by atoms with Crippen molar-refractivity contribution in [1.29, 1.82) is 0 Å². The molecule has 0 bridgehead atoms. The van der Waals surface area contributed by atoms with Gasteiger partial charge < -0.3 is 25.4 Å². The van der Waals surface area contributed by atoms with E-state index in [9.17, 15) is 19.5 Å². The van der Waals surface area contributed by atoms with Crippen LogP contribution in [-0.4, -0.2) is 46.1 Å². The van der Waals surface area contributed by atoms with Gasteiger partial charge in [-0.15, -0.1) is 0 Å². The van der Waals surface area contributed by atoms with Crippen molar-refractivity contribution >= 4 is 23.6 Å². The van der Waals surface area contributed by atoms with Crippen LogP contribution in [0, 0.1) is 19.8 Å². The molecule has 0 aromatic heterocycles. The van der Waals surface area contributed by atoms with Gasteiger partial charge in [0.25, 0.3) is 5.91 Å². The average molecular weight is 596 g/mol. The molecule has 3 atom stereocenters. The molecule has 0 spiro atoms. The Bertz CT molecular complexity index is 1190. The van der Waals surface area contributed by atoms with Crippen LogP contribution in [0.4, 0.5) is 10.5 Å². The molecule has 2 aromatic rings. The van der Waals surface area contributed by atoms with Gasteiger partial charge in [-0.2, -0.15) is 0 Å². The van der Waals surface area contributed by atoms with E-state index in [-0.39, 0.29) is 18.2 Å². The van der Waals surface area contributed by atoms with Crippen molar-refractivity contribution in [1.82, 2.24) is 10.2 Å². The quantitative estimate of drug-likeness (QED) is 0.182. The zero-order valence-corrected chi connectivity index (χ0v) is 27.5. The fourth-order valence-electron chi connectivity index (χ4n) is 5.10. The normalized spacial score (nSPS) is 13.5. The van der Waals surface area contributed by atoms with Crippen LogP contribution in [0.15, 0.2) is 42.5 Å². The smallest absolute Gasteiger partial charge is 0.408 e. The first-order valence-electron chi connectivity index (χ1n) is 15.8. The van der Waals surface area contributed by atoms with E-state index in [0.717, 1.165) is 43.2 Å². The van der Waals surface area contributed by atoms with Gasteiger partial charge >= 0.3 is 6.09 Å². The SMILES string of the molecule is CCCCCCCCN(C(=O)C(NC(=O)OC(C)(C)C)C(C)CC)C(C(=O)Nc1c(C)cccc1C)c1ccccc1O. The first kappa shape index (κ1) is 35.6. The Morgan fingerprint density at radius 3 is 2.09 bits per heavy atom. The van der Waals surface area contributed by atoms with Crippen LogP contribution in [0.3, 0.4) is 0 Å². The lowest BCUT2D eigenvalue weighted by atomic mass is 9.95. The van der Waals surface area contributed by atoms with Gasteiger partial charge in [-0.1, -0.05) is 95.7 Å². The third-order valence-corrected chi connectivity index (χ3v) is 7.71. The number of benzene rings is 2. The number of aryl methyl sites for hydroxylation is 2. The molecule has 2 rings (SSSR count). The van der Waals surface area contributed by atoms with Crippen LogP contribution in [0.25, 0.3) is 0 Å². The molecule has 238 valence electrons. The summed E-state index contributed by atoms with van der Waals surface area (Å²) in [6.45, 7) is 15.4. The number of anilines is 1. The maximum absolute atomic E-state index is 14.5. The van der Waals surface area contributed by atoms with Crippen molar-refractivity contribution in [3.8, 4) is 5.75 Å². The van der Waals surface area contributed by atoms with E-state index in [0.29, 0.717) is 24.1 Å². The number of rotatable bonds is 15. The van der Waals surface area contributed by atoms with Gasteiger partial charge in [-0.3, -0.25) is 9.59 Å². The average Bonchev–Trinajstić information content (AvgIpc) is 2.94. The summed E-state index contributed by atoms with van der Waals surface area (Å²) < 4.78 is 5.51. The number of amides is 3. The Labute approximate surface area is 258 Å². The van der Waals surface area contributed by atoms with Gasteiger partial charge in [-0.25, -0.2) is 4.79 Å². The first-order chi connectivity index (χ1) is 20.3. The summed E-state index contributed by atoms with van der Waals surface area (Å²) in [4.78, 5) is 43.2. The molecule has 0 fully saturated rings. The molecule has 0 aliphatic heterocycles. The minimum atomic E-state index is -1.13. The third kappa shape index (κ3) is 10.9. The molecule has 43 heavy (non-hydrogen) atoms. The summed E-state index contributed by atoms with van der Waals surface area (Å²) >= 11 is 0. The highest BCUT2D eigenvalue weighted by Gasteiger charge is 2.39. The standard InChI is InChI=1S/C35H53N3O5/c1-9-11-12-13-14-17-23-38(33(41)30(24(3)10-2)37-34(42)43-35(6,7)8)31(27-21-15-16-22-28(27)39)32(40)36-29-25(4)19-18-20-26(29)5/h15-16,18-22,24,30-31,39H,9-14,17,23H2,1-8H3,(H,36,40)(H,37,42). The molecule has 3 unspecified atom stereocenters. The lowest BCUT2D eigenvalue weighted by Crippen LogP contribution is -2.55. The topological polar surface area (TPSA) is 108 Å². The van der Waals surface area contributed by atoms with E-state index in [1.807, 2.05) is 45.9 Å². The fraction of sp³-hybridized carbons (Fsp3) is 0.571. The second kappa shape index (κ2) is 16.9. The number of alkyl carbamates (subject to hydrolysis) is 1. The van der Waals surface area contributed by atoms with Crippen LogP contribution >= 0.6 is 0 Å². The van der Waals surface area contributed by atoms with Crippen LogP contribution < -0.4 is 10.6 Å². The number of phenols is 1. The second-order valence-electron chi connectivity index (χ2n) is 12.5. The third-order valence-electron chi connectivity index (χ3n) is 7.71. The van der Waals surface area contributed by atoms with Gasteiger partial charge in [0.05, 0.1) is 0 Å². The predicted molar refractivity (Wildman–Crippen MR) is 173 cm³/mol. The minimum absolute atomic E-state index is 0.0786. The molecular weight excluding hydrogens is 542 g/mol. The van der Waals surface area contributed by atoms with Crippen molar-refractivity contribution in [2.75, 3.05) is 11.9 Å². The molecule has 0 aliphatic carbocycles. The minimum Gasteiger partial charge on any atom is -0.508 e. The maximum Gasteiger partial charge on any atom is 0.408 e. The fourth-order valence-corrected chi connectivity index (χ4v) is 5.10. The number of carbonyl (C=O) groups is 3. The predicted octanol–water partition coefficient (Wildman–Crippen LogP) is 7.82. The monoisotopic (exact) mass is 595 g/mol. The van der Waals surface area contributed by atoms with Crippen molar-refractivity contribution in [3.63, 3.8) is 0 Å². The zero-order valence-electron chi connectivity index (χ0n) is 27.5. The highest BCUT2D eigenvalue weighted by atomic mass is 16.6. The molecule has 0 heterocycles. The lowest BCUT2D eigenvalue weighted by molar-refractivity contribution is -0.142. The highest BCUT2D eigenvalue weighted by Crippen LogP contribution is 2.33. The number of phenolic OH excluding ortho intramolecular Hbond substituents is 1. The molecule has 0 saturated carbocycles. The van der Waals surface area contributed by atoms with Crippen LogP contribution in [0.5, 0.6) is 5.75 Å². The summed E-state index contributed by atoms with van der Waals surface area (Å²) in [5.41, 5.74) is 2.04. The summed E-state index contributed by atoms with van der Waals surface area (Å²) in [6.07, 6.45) is 5.91. The molecule has 8 nitrogen and oxygen atoms in total. The molecule has 3 N–H and O–H groups in total. The first-order valence-corrected chi connectivity index (χ1v) is 15.8. The van der Waals surface area contributed by atoms with Gasteiger partial charge in [-0.05, 0) is 64.2 Å². The number of hydrogen-bond donors (Lipinski definition) is 3. The maximum atomic E-state index is 14.5. The Morgan fingerprint density at radius 1 is 0.907 bits per heavy atom. The summed E-state index contributed by atoms with van der Waals surface area (Å²) in [6, 6.07) is 10.3. The summed E-state index contributed by atoms with van der Waals surface area (Å²) in [5, 5.41) is 16.8. The van der Waals surface area contributed by atoms with E-state index in [4.69, 9.17) is 4.74 Å². The van der Waals surface area contributed by atoms with Crippen molar-refractivity contribution < 1.29 is 24.2 Å². The highest BCUT2D eigenvalue weighted by molar-refractivity contribution is 6.00. The lowest BCUT2D eigenvalue weighted by Gasteiger charge is -2.36. The van der Waals surface area contributed by atoms with Gasteiger partial charge in [0.2, 0.25) is 5.91 Å². The molecule has 0 saturated heterocycles. The number of ether oxygens (including phenoxy) is 1. The molecule has 8 heteroatoms. The van der Waals surface area contributed by atoms with Crippen molar-refractivity contribution in [2.45, 2.75) is 118 Å². The number of nitrogens with one attached hydrogen (secondary N) is 2. The second-order valence-corrected chi connectivity index (χ2v) is 12.5. The Hall–Kier alpha value is -3.55. The van der Waals surface area contributed by atoms with Crippen molar-refractivity contribution in [3.05, 3.63) is 59.2 Å². The summed E-state index contributed by atoms with van der Waals surface area (Å²) in [5.74, 6) is -1.14. The van der Waals surface area contributed by atoms with Crippen LogP contribution in [-0.2, 0) is 14.3 Å². The van der Waals surface area contributed by atoms with E-state index < -0.39 is 35.6 Å². The number of para-hydroxylation sites is 2. The van der Waals surface area contributed by atoms with Crippen LogP contribution in [0.2, 0.25) is 0 Å². The van der Waals surface area contributed by atoms with Gasteiger partial charge in [0.15, 0.2) is 0 Å². The van der Waals surface area contributed by atoms with Gasteiger partial charge in [0.1, 0.15) is 23.4 Å². The zero-order chi connectivity index (χ0) is 32.2. The molecule has 2 aromatic carbocycles. The summed E-state index contributed by atoms with van der Waals surface area (Å²) in [7, 11) is 0.